The molecule has 0 fully saturated rings. The molecule has 0 amide bonds. The molecule has 4 nitrogen and oxygen atoms in total. The van der Waals surface area contributed by atoms with Gasteiger partial charge in [0.2, 0.25) is 0 Å². The molecular weight excluding hydrogens is 250 g/mol. The van der Waals surface area contributed by atoms with E-state index in [1.165, 1.54) is 0 Å². The molecule has 1 N–H and O–H groups in total. The van der Waals surface area contributed by atoms with Crippen molar-refractivity contribution in [1.82, 2.24) is 14.9 Å². The first-order valence-corrected chi connectivity index (χ1v) is 7.06. The molecule has 0 unspecified atom stereocenters. The van der Waals surface area contributed by atoms with Crippen LogP contribution in [-0.4, -0.2) is 29.2 Å². The van der Waals surface area contributed by atoms with Gasteiger partial charge in [-0.2, -0.15) is 0 Å². The van der Waals surface area contributed by atoms with E-state index in [-0.39, 0.29) is 0 Å². The molecule has 20 heavy (non-hydrogen) atoms. The molecule has 0 saturated heterocycles. The first-order chi connectivity index (χ1) is 9.80. The van der Waals surface area contributed by atoms with Crippen LogP contribution in [0.1, 0.15) is 19.7 Å². The first kappa shape index (κ1) is 14.4. The Labute approximate surface area is 120 Å². The van der Waals surface area contributed by atoms with E-state index in [4.69, 9.17) is 16.1 Å². The van der Waals surface area contributed by atoms with Gasteiger partial charge in [0, 0.05) is 19.0 Å². The molecule has 0 radical (unpaired) electrons. The van der Waals surface area contributed by atoms with Crippen LogP contribution in [-0.2, 0) is 13.0 Å². The van der Waals surface area contributed by atoms with Gasteiger partial charge in [-0.25, -0.2) is 4.98 Å². The smallest absolute Gasteiger partial charge is 0.121 e. The van der Waals surface area contributed by atoms with Crippen LogP contribution in [0.15, 0.2) is 18.2 Å². The third-order valence-corrected chi connectivity index (χ3v) is 3.13. The van der Waals surface area contributed by atoms with Crippen molar-refractivity contribution in [2.75, 3.05) is 19.7 Å². The summed E-state index contributed by atoms with van der Waals surface area (Å²) in [7, 11) is 0. The van der Waals surface area contributed by atoms with Crippen LogP contribution in [0.25, 0.3) is 11.0 Å². The zero-order valence-electron chi connectivity index (χ0n) is 12.1. The summed E-state index contributed by atoms with van der Waals surface area (Å²) in [6.45, 7) is 7.14. The number of nitrogens with zero attached hydrogens (tertiary/aromatic N) is 2. The zero-order valence-corrected chi connectivity index (χ0v) is 12.1. The number of terminal acetylenes is 1. The predicted molar refractivity (Wildman–Crippen MR) is 82.0 cm³/mol. The van der Waals surface area contributed by atoms with E-state index in [0.29, 0.717) is 13.2 Å². The highest BCUT2D eigenvalue weighted by Crippen LogP contribution is 2.22. The summed E-state index contributed by atoms with van der Waals surface area (Å²) in [4.78, 5) is 4.69. The van der Waals surface area contributed by atoms with E-state index >= 15 is 0 Å². The summed E-state index contributed by atoms with van der Waals surface area (Å²) in [6.07, 6.45) is 6.34. The van der Waals surface area contributed by atoms with Crippen molar-refractivity contribution in [1.29, 1.82) is 0 Å². The number of nitrogens with one attached hydrogen (secondary N) is 1. The molecule has 2 rings (SSSR count). The van der Waals surface area contributed by atoms with Crippen LogP contribution in [0.3, 0.4) is 0 Å². The summed E-state index contributed by atoms with van der Waals surface area (Å²) in [5, 5.41) is 3.31. The molecular formula is C16H21N3O. The lowest BCUT2D eigenvalue weighted by Crippen LogP contribution is -2.18. The third kappa shape index (κ3) is 3.12. The third-order valence-electron chi connectivity index (χ3n) is 3.13. The minimum absolute atomic E-state index is 0.548. The number of hydrogen-bond acceptors (Lipinski definition) is 3. The standard InChI is InChI=1S/C16H21N3O/c1-4-11-19-15-8-7-13(20-6-3)12-14(15)18-16(19)9-10-17-5-2/h1,7-8,12,17H,5-6,9-11H2,2-3H3. The van der Waals surface area contributed by atoms with E-state index in [1.54, 1.807) is 0 Å². The molecule has 1 aromatic heterocycles. The number of likely N-dealkylation sites (N-methyl/N-ethyl adjacent to an activating group) is 1. The fourth-order valence-corrected chi connectivity index (χ4v) is 2.25. The highest BCUT2D eigenvalue weighted by Gasteiger charge is 2.10. The van der Waals surface area contributed by atoms with Gasteiger partial charge in [0.25, 0.3) is 0 Å². The van der Waals surface area contributed by atoms with Crippen molar-refractivity contribution in [3.63, 3.8) is 0 Å². The first-order valence-electron chi connectivity index (χ1n) is 7.06. The molecule has 1 aromatic carbocycles. The average molecular weight is 271 g/mol. The fraction of sp³-hybridized carbons (Fsp3) is 0.438. The maximum absolute atomic E-state index is 5.52. The predicted octanol–water partition coefficient (Wildman–Crippen LogP) is 2.22. The number of hydrogen-bond donors (Lipinski definition) is 1. The molecule has 0 atom stereocenters. The van der Waals surface area contributed by atoms with Crippen molar-refractivity contribution in [2.45, 2.75) is 26.8 Å². The van der Waals surface area contributed by atoms with Gasteiger partial charge < -0.3 is 14.6 Å². The van der Waals surface area contributed by atoms with Gasteiger partial charge in [-0.1, -0.05) is 12.8 Å². The Morgan fingerprint density at radius 3 is 2.95 bits per heavy atom. The number of aromatic nitrogens is 2. The summed E-state index contributed by atoms with van der Waals surface area (Å²) >= 11 is 0. The highest BCUT2D eigenvalue weighted by atomic mass is 16.5. The number of ether oxygens (including phenoxy) is 1. The van der Waals surface area contributed by atoms with Crippen LogP contribution in [0.4, 0.5) is 0 Å². The molecule has 1 heterocycles. The Bertz CT molecular complexity index is 610. The summed E-state index contributed by atoms with van der Waals surface area (Å²) in [5.74, 6) is 4.58. The molecule has 2 aromatic rings. The summed E-state index contributed by atoms with van der Waals surface area (Å²) in [5.41, 5.74) is 2.01. The number of fused-ring (bicyclic) bond motifs is 1. The van der Waals surface area contributed by atoms with Crippen molar-refractivity contribution in [2.24, 2.45) is 0 Å². The van der Waals surface area contributed by atoms with E-state index in [2.05, 4.69) is 22.7 Å². The second-order valence-corrected chi connectivity index (χ2v) is 4.51. The van der Waals surface area contributed by atoms with Crippen molar-refractivity contribution in [3.8, 4) is 18.1 Å². The summed E-state index contributed by atoms with van der Waals surface area (Å²) < 4.78 is 7.62. The number of imidazole rings is 1. The maximum atomic E-state index is 5.52. The molecule has 0 bridgehead atoms. The van der Waals surface area contributed by atoms with E-state index < -0.39 is 0 Å². The lowest BCUT2D eigenvalue weighted by molar-refractivity contribution is 0.340. The van der Waals surface area contributed by atoms with Crippen LogP contribution in [0, 0.1) is 12.3 Å². The molecule has 4 heteroatoms. The normalized spacial score (nSPS) is 10.7. The van der Waals surface area contributed by atoms with Gasteiger partial charge in [0.15, 0.2) is 0 Å². The molecule has 0 spiro atoms. The van der Waals surface area contributed by atoms with Crippen LogP contribution in [0.2, 0.25) is 0 Å². The second-order valence-electron chi connectivity index (χ2n) is 4.51. The van der Waals surface area contributed by atoms with Crippen LogP contribution >= 0.6 is 0 Å². The topological polar surface area (TPSA) is 39.1 Å². The number of rotatable bonds is 7. The summed E-state index contributed by atoms with van der Waals surface area (Å²) in [6, 6.07) is 5.97. The number of benzene rings is 1. The van der Waals surface area contributed by atoms with Gasteiger partial charge >= 0.3 is 0 Å². The fourth-order valence-electron chi connectivity index (χ4n) is 2.25. The van der Waals surface area contributed by atoms with Crippen LogP contribution < -0.4 is 10.1 Å². The lowest BCUT2D eigenvalue weighted by Gasteiger charge is -2.06. The minimum Gasteiger partial charge on any atom is -0.494 e. The minimum atomic E-state index is 0.548. The highest BCUT2D eigenvalue weighted by molar-refractivity contribution is 5.78. The Morgan fingerprint density at radius 2 is 2.25 bits per heavy atom. The SMILES string of the molecule is C#CCn1c(CCNCC)nc2cc(OCC)ccc21. The van der Waals surface area contributed by atoms with Crippen LogP contribution in [0.5, 0.6) is 5.75 Å². The van der Waals surface area contributed by atoms with Gasteiger partial charge in [0.05, 0.1) is 24.2 Å². The quantitative estimate of drug-likeness (QED) is 0.620. The Kier molecular flexibility index (Phi) is 5.03. The Morgan fingerprint density at radius 1 is 1.40 bits per heavy atom. The zero-order chi connectivity index (χ0) is 14.4. The van der Waals surface area contributed by atoms with Gasteiger partial charge in [-0.15, -0.1) is 6.42 Å². The van der Waals surface area contributed by atoms with Crippen molar-refractivity contribution < 1.29 is 4.74 Å². The van der Waals surface area contributed by atoms with Gasteiger partial charge in [-0.3, -0.25) is 0 Å². The van der Waals surface area contributed by atoms with E-state index in [0.717, 1.165) is 42.1 Å². The van der Waals surface area contributed by atoms with Crippen molar-refractivity contribution in [3.05, 3.63) is 24.0 Å². The van der Waals surface area contributed by atoms with E-state index in [1.807, 2.05) is 25.1 Å². The Balaban J connectivity index is 2.34. The van der Waals surface area contributed by atoms with E-state index in [9.17, 15) is 0 Å². The monoisotopic (exact) mass is 271 g/mol. The maximum Gasteiger partial charge on any atom is 0.121 e. The molecule has 106 valence electrons. The molecule has 0 aliphatic heterocycles. The second kappa shape index (κ2) is 6.97. The molecule has 0 saturated carbocycles. The molecule has 0 aliphatic carbocycles. The average Bonchev–Trinajstić information content (AvgIpc) is 2.78. The van der Waals surface area contributed by atoms with Gasteiger partial charge in [0.1, 0.15) is 11.6 Å². The Hall–Kier alpha value is -1.99. The van der Waals surface area contributed by atoms with Gasteiger partial charge in [-0.05, 0) is 25.6 Å². The largest absolute Gasteiger partial charge is 0.494 e. The van der Waals surface area contributed by atoms with Crippen molar-refractivity contribution >= 4 is 11.0 Å². The lowest BCUT2D eigenvalue weighted by atomic mass is 10.3. The molecule has 0 aliphatic rings.